The molecule has 4 heteroatoms. The van der Waals surface area contributed by atoms with Crippen LogP contribution in [0.5, 0.6) is 0 Å². The van der Waals surface area contributed by atoms with Crippen LogP contribution < -0.4 is 17.0 Å². The Hall–Kier alpha value is -0.160. The molecule has 56 valence electrons. The molecule has 0 aliphatic rings. The average molecular weight is 132 g/mol. The van der Waals surface area contributed by atoms with Crippen LogP contribution in [0.2, 0.25) is 0 Å². The van der Waals surface area contributed by atoms with E-state index in [1.807, 2.05) is 0 Å². The van der Waals surface area contributed by atoms with Crippen LogP contribution in [0.1, 0.15) is 13.8 Å². The van der Waals surface area contributed by atoms with Gasteiger partial charge in [0.25, 0.3) is 0 Å². The van der Waals surface area contributed by atoms with E-state index in [0.717, 1.165) is 6.54 Å². The van der Waals surface area contributed by atoms with Crippen molar-refractivity contribution in [3.63, 3.8) is 0 Å². The largest absolute Gasteiger partial charge is 0.313 e. The molecule has 0 rings (SSSR count). The summed E-state index contributed by atoms with van der Waals surface area (Å²) in [6.07, 6.45) is 0. The van der Waals surface area contributed by atoms with E-state index in [-0.39, 0.29) is 0 Å². The lowest BCUT2D eigenvalue weighted by atomic mass is 10.4. The van der Waals surface area contributed by atoms with Gasteiger partial charge in [-0.1, -0.05) is 13.8 Å². The first-order valence-corrected chi connectivity index (χ1v) is 3.13. The highest BCUT2D eigenvalue weighted by molar-refractivity contribution is 4.52. The van der Waals surface area contributed by atoms with E-state index in [4.69, 9.17) is 11.7 Å². The minimum Gasteiger partial charge on any atom is -0.313 e. The fourth-order valence-corrected chi connectivity index (χ4v) is 0.482. The van der Waals surface area contributed by atoms with Crippen LogP contribution in [0, 0.1) is 0 Å². The Kier molecular flexibility index (Phi) is 4.61. The number of nitrogens with two attached hydrogens (primary N) is 2. The smallest absolute Gasteiger partial charge is 0.0408 e. The van der Waals surface area contributed by atoms with Gasteiger partial charge in [0.2, 0.25) is 0 Å². The molecule has 0 bridgehead atoms. The van der Waals surface area contributed by atoms with Gasteiger partial charge in [-0.2, -0.15) is 5.12 Å². The van der Waals surface area contributed by atoms with Gasteiger partial charge < -0.3 is 5.32 Å². The fraction of sp³-hybridized carbons (Fsp3) is 1.00. The molecule has 0 heterocycles. The predicted octanol–water partition coefficient (Wildman–Crippen LogP) is -0.966. The molecule has 0 aliphatic heterocycles. The SMILES string of the molecule is CC(C)NCCN(N)N. The highest BCUT2D eigenvalue weighted by Gasteiger charge is 1.91. The van der Waals surface area contributed by atoms with Crippen molar-refractivity contribution in [3.05, 3.63) is 0 Å². The molecule has 0 saturated heterocycles. The summed E-state index contributed by atoms with van der Waals surface area (Å²) >= 11 is 0. The quantitative estimate of drug-likeness (QED) is 0.340. The van der Waals surface area contributed by atoms with Crippen LogP contribution in [0.15, 0.2) is 0 Å². The Balaban J connectivity index is 2.91. The Labute approximate surface area is 56.1 Å². The van der Waals surface area contributed by atoms with Gasteiger partial charge in [-0.25, -0.2) is 0 Å². The number of rotatable bonds is 4. The molecule has 0 aromatic heterocycles. The summed E-state index contributed by atoms with van der Waals surface area (Å²) < 4.78 is 0. The van der Waals surface area contributed by atoms with E-state index in [9.17, 15) is 0 Å². The Bertz CT molecular complexity index is 54.0. The molecule has 4 nitrogen and oxygen atoms in total. The normalized spacial score (nSPS) is 11.3. The molecule has 0 aromatic rings. The van der Waals surface area contributed by atoms with Crippen LogP contribution in [0.4, 0.5) is 0 Å². The first-order valence-electron chi connectivity index (χ1n) is 3.13. The third-order valence-electron chi connectivity index (χ3n) is 0.923. The average Bonchev–Trinajstić information content (AvgIpc) is 1.63. The van der Waals surface area contributed by atoms with E-state index in [1.54, 1.807) is 0 Å². The van der Waals surface area contributed by atoms with Crippen molar-refractivity contribution >= 4 is 0 Å². The van der Waals surface area contributed by atoms with E-state index in [2.05, 4.69) is 19.2 Å². The van der Waals surface area contributed by atoms with Crippen LogP contribution in [-0.4, -0.2) is 24.2 Å². The molecule has 0 aliphatic carbocycles. The molecule has 0 fully saturated rings. The van der Waals surface area contributed by atoms with Crippen molar-refractivity contribution in [1.29, 1.82) is 0 Å². The molecule has 0 spiro atoms. The van der Waals surface area contributed by atoms with Gasteiger partial charge in [0.05, 0.1) is 0 Å². The van der Waals surface area contributed by atoms with Gasteiger partial charge in [0.15, 0.2) is 0 Å². The van der Waals surface area contributed by atoms with Gasteiger partial charge in [-0.05, 0) is 0 Å². The van der Waals surface area contributed by atoms with Gasteiger partial charge in [-0.15, -0.1) is 0 Å². The summed E-state index contributed by atoms with van der Waals surface area (Å²) in [7, 11) is 0. The van der Waals surface area contributed by atoms with Crippen LogP contribution in [0.3, 0.4) is 0 Å². The zero-order valence-corrected chi connectivity index (χ0v) is 6.09. The maximum absolute atomic E-state index is 5.15. The second-order valence-corrected chi connectivity index (χ2v) is 2.35. The van der Waals surface area contributed by atoms with E-state index >= 15 is 0 Å². The summed E-state index contributed by atoms with van der Waals surface area (Å²) in [4.78, 5) is 0. The van der Waals surface area contributed by atoms with Crippen LogP contribution in [-0.2, 0) is 0 Å². The van der Waals surface area contributed by atoms with E-state index in [1.165, 1.54) is 5.12 Å². The highest BCUT2D eigenvalue weighted by atomic mass is 15.6. The summed E-state index contributed by atoms with van der Waals surface area (Å²) in [5.41, 5.74) is 0. The minimum absolute atomic E-state index is 0.505. The van der Waals surface area contributed by atoms with E-state index < -0.39 is 0 Å². The number of nitrogens with zero attached hydrogens (tertiary/aromatic N) is 1. The van der Waals surface area contributed by atoms with Crippen molar-refractivity contribution in [3.8, 4) is 0 Å². The molecule has 0 atom stereocenters. The molecule has 0 aromatic carbocycles. The second-order valence-electron chi connectivity index (χ2n) is 2.35. The third-order valence-corrected chi connectivity index (χ3v) is 0.923. The Morgan fingerprint density at radius 2 is 2.00 bits per heavy atom. The molecule has 0 radical (unpaired) electrons. The maximum Gasteiger partial charge on any atom is 0.0408 e. The first kappa shape index (κ1) is 8.84. The summed E-state index contributed by atoms with van der Waals surface area (Å²) in [5.74, 6) is 10.3. The Morgan fingerprint density at radius 1 is 1.44 bits per heavy atom. The Morgan fingerprint density at radius 3 is 2.33 bits per heavy atom. The number of hydrogen-bond acceptors (Lipinski definition) is 4. The van der Waals surface area contributed by atoms with Gasteiger partial charge in [0.1, 0.15) is 0 Å². The van der Waals surface area contributed by atoms with Gasteiger partial charge in [-0.3, -0.25) is 11.7 Å². The minimum atomic E-state index is 0.505. The number of hydrogen-bond donors (Lipinski definition) is 3. The predicted molar refractivity (Wildman–Crippen MR) is 38.2 cm³/mol. The molecule has 5 N–H and O–H groups in total. The monoisotopic (exact) mass is 132 g/mol. The summed E-state index contributed by atoms with van der Waals surface area (Å²) in [6, 6.07) is 0.505. The number of nitrogens with one attached hydrogen (secondary N) is 1. The maximum atomic E-state index is 5.15. The van der Waals surface area contributed by atoms with Crippen molar-refractivity contribution in [2.75, 3.05) is 13.1 Å². The van der Waals surface area contributed by atoms with Crippen molar-refractivity contribution in [1.82, 2.24) is 10.4 Å². The molecule has 0 unspecified atom stereocenters. The van der Waals surface area contributed by atoms with Crippen LogP contribution >= 0.6 is 0 Å². The van der Waals surface area contributed by atoms with Crippen LogP contribution in [0.25, 0.3) is 0 Å². The summed E-state index contributed by atoms with van der Waals surface area (Å²) in [6.45, 7) is 5.68. The molecule has 0 amide bonds. The molecular weight excluding hydrogens is 116 g/mol. The lowest BCUT2D eigenvalue weighted by molar-refractivity contribution is 0.289. The third kappa shape index (κ3) is 7.84. The molecular formula is C5H16N4. The molecule has 9 heavy (non-hydrogen) atoms. The van der Waals surface area contributed by atoms with Gasteiger partial charge >= 0.3 is 0 Å². The van der Waals surface area contributed by atoms with Gasteiger partial charge in [0, 0.05) is 19.1 Å². The standard InChI is InChI=1S/C5H16N4/c1-5(2)8-3-4-9(6)7/h5,8H,3-4,6-7H2,1-2H3. The van der Waals surface area contributed by atoms with Crippen molar-refractivity contribution < 1.29 is 0 Å². The highest BCUT2D eigenvalue weighted by Crippen LogP contribution is 1.73. The van der Waals surface area contributed by atoms with Crippen molar-refractivity contribution in [2.45, 2.75) is 19.9 Å². The second kappa shape index (κ2) is 4.69. The zero-order valence-electron chi connectivity index (χ0n) is 6.09. The van der Waals surface area contributed by atoms with Crippen molar-refractivity contribution in [2.24, 2.45) is 11.7 Å². The fourth-order valence-electron chi connectivity index (χ4n) is 0.482. The zero-order chi connectivity index (χ0) is 7.28. The topological polar surface area (TPSA) is 67.3 Å². The van der Waals surface area contributed by atoms with E-state index in [0.29, 0.717) is 12.6 Å². The lowest BCUT2D eigenvalue weighted by Gasteiger charge is -2.11. The lowest BCUT2D eigenvalue weighted by Crippen LogP contribution is -2.43. The molecule has 0 saturated carbocycles. The number of hydrazine groups is 2. The first-order chi connectivity index (χ1) is 4.13. The summed E-state index contributed by atoms with van der Waals surface area (Å²) in [5, 5.41) is 4.35.